The number of hydrogen-bond donors (Lipinski definition) is 0. The molecule has 0 saturated carbocycles. The summed E-state index contributed by atoms with van der Waals surface area (Å²) in [6.45, 7) is 0. The minimum absolute atomic E-state index is 0.943. The maximum atomic E-state index is 4.13. The summed E-state index contributed by atoms with van der Waals surface area (Å²) in [6, 6.07) is 14.6. The molecular formula is C14H7N2. The van der Waals surface area contributed by atoms with Gasteiger partial charge in [-0.2, -0.15) is 0 Å². The van der Waals surface area contributed by atoms with E-state index in [2.05, 4.69) is 52.8 Å². The lowest BCUT2D eigenvalue weighted by Crippen LogP contribution is -1.88. The van der Waals surface area contributed by atoms with Gasteiger partial charge in [-0.05, 0) is 22.2 Å². The van der Waals surface area contributed by atoms with E-state index >= 15 is 0 Å². The van der Waals surface area contributed by atoms with Crippen LogP contribution >= 0.6 is 0 Å². The molecule has 0 aliphatic rings. The van der Waals surface area contributed by atoms with Gasteiger partial charge >= 0.3 is 0 Å². The molecule has 0 spiro atoms. The third kappa shape index (κ3) is 0.865. The Hall–Kier alpha value is -2.22. The van der Waals surface area contributed by atoms with Crippen LogP contribution in [-0.4, -0.2) is 10.2 Å². The highest BCUT2D eigenvalue weighted by molar-refractivity contribution is 6.21. The first-order valence-corrected chi connectivity index (χ1v) is 5.21. The zero-order chi connectivity index (χ0) is 10.5. The van der Waals surface area contributed by atoms with E-state index in [1.54, 1.807) is 0 Å². The fourth-order valence-corrected chi connectivity index (χ4v) is 2.37. The van der Waals surface area contributed by atoms with Gasteiger partial charge in [-0.1, -0.05) is 36.4 Å². The van der Waals surface area contributed by atoms with Gasteiger partial charge in [0.2, 0.25) is 0 Å². The zero-order valence-corrected chi connectivity index (χ0v) is 8.44. The second kappa shape index (κ2) is 2.67. The van der Waals surface area contributed by atoms with Crippen molar-refractivity contribution in [3.63, 3.8) is 0 Å². The lowest BCUT2D eigenvalue weighted by molar-refractivity contribution is 1.08. The number of hydrogen-bond acceptors (Lipinski definition) is 2. The first-order chi connectivity index (χ1) is 7.93. The molecule has 0 fully saturated rings. The van der Waals surface area contributed by atoms with Crippen LogP contribution in [-0.2, 0) is 0 Å². The molecule has 1 aromatic heterocycles. The molecule has 0 N–H and O–H groups in total. The Morgan fingerprint density at radius 3 is 2.50 bits per heavy atom. The Morgan fingerprint density at radius 1 is 0.812 bits per heavy atom. The Kier molecular flexibility index (Phi) is 1.33. The van der Waals surface area contributed by atoms with Gasteiger partial charge in [-0.3, -0.25) is 0 Å². The van der Waals surface area contributed by atoms with Crippen molar-refractivity contribution >= 4 is 32.4 Å². The molecular weight excluding hydrogens is 196 g/mol. The van der Waals surface area contributed by atoms with Gasteiger partial charge in [0.1, 0.15) is 6.20 Å². The smallest absolute Gasteiger partial charge is 0.122 e. The highest BCUT2D eigenvalue weighted by atomic mass is 15.1. The molecule has 0 aliphatic heterocycles. The van der Waals surface area contributed by atoms with E-state index < -0.39 is 0 Å². The summed E-state index contributed by atoms with van der Waals surface area (Å²) in [6.07, 6.45) is 2.95. The summed E-state index contributed by atoms with van der Waals surface area (Å²) in [7, 11) is 0. The predicted molar refractivity (Wildman–Crippen MR) is 64.6 cm³/mol. The first-order valence-electron chi connectivity index (χ1n) is 5.21. The maximum absolute atomic E-state index is 4.13. The van der Waals surface area contributed by atoms with Gasteiger partial charge < -0.3 is 0 Å². The Bertz CT molecular complexity index is 675. The van der Waals surface area contributed by atoms with Crippen LogP contribution in [0, 0.1) is 6.20 Å². The van der Waals surface area contributed by atoms with Gasteiger partial charge in [-0.15, -0.1) is 10.2 Å². The van der Waals surface area contributed by atoms with Crippen LogP contribution in [0.3, 0.4) is 0 Å². The van der Waals surface area contributed by atoms with Crippen molar-refractivity contribution in [2.24, 2.45) is 0 Å². The minimum atomic E-state index is 0.943. The minimum Gasteiger partial charge on any atom is -0.150 e. The quantitative estimate of drug-likeness (QED) is 0.410. The molecule has 1 heterocycles. The van der Waals surface area contributed by atoms with E-state index in [-0.39, 0.29) is 0 Å². The molecule has 2 nitrogen and oxygen atoms in total. The highest BCUT2D eigenvalue weighted by Crippen LogP contribution is 2.32. The highest BCUT2D eigenvalue weighted by Gasteiger charge is 2.07. The van der Waals surface area contributed by atoms with Crippen molar-refractivity contribution < 1.29 is 0 Å². The summed E-state index contributed by atoms with van der Waals surface area (Å²) in [5.41, 5.74) is 0.943. The van der Waals surface area contributed by atoms with E-state index in [1.165, 1.54) is 21.5 Å². The van der Waals surface area contributed by atoms with E-state index in [0.717, 1.165) is 10.9 Å². The van der Waals surface area contributed by atoms with Crippen LogP contribution in [0.4, 0.5) is 0 Å². The summed E-state index contributed by atoms with van der Waals surface area (Å²) < 4.78 is 0. The molecule has 3 aromatic carbocycles. The van der Waals surface area contributed by atoms with E-state index in [9.17, 15) is 0 Å². The molecule has 73 valence electrons. The van der Waals surface area contributed by atoms with Crippen LogP contribution in [0.2, 0.25) is 0 Å². The van der Waals surface area contributed by atoms with Crippen molar-refractivity contribution in [3.05, 3.63) is 48.7 Å². The van der Waals surface area contributed by atoms with Gasteiger partial charge in [0.25, 0.3) is 0 Å². The van der Waals surface area contributed by atoms with E-state index in [1.807, 2.05) is 6.07 Å². The Morgan fingerprint density at radius 2 is 1.62 bits per heavy atom. The summed E-state index contributed by atoms with van der Waals surface area (Å²) in [5, 5.41) is 14.0. The standard InChI is InChI=1S/C14H7N2/c1-2-9-4-5-11-8-15-16-12-7-6-10(3-1)13(9)14(11)12/h1-7H. The van der Waals surface area contributed by atoms with Crippen LogP contribution in [0.1, 0.15) is 0 Å². The molecule has 4 aromatic rings. The lowest BCUT2D eigenvalue weighted by atomic mass is 9.98. The van der Waals surface area contributed by atoms with Crippen molar-refractivity contribution in [2.45, 2.75) is 0 Å². The Labute approximate surface area is 91.9 Å². The van der Waals surface area contributed by atoms with Crippen molar-refractivity contribution in [1.82, 2.24) is 10.2 Å². The molecule has 4 rings (SSSR count). The van der Waals surface area contributed by atoms with Gasteiger partial charge in [0.15, 0.2) is 0 Å². The number of benzene rings is 3. The van der Waals surface area contributed by atoms with Crippen molar-refractivity contribution in [1.29, 1.82) is 0 Å². The average molecular weight is 203 g/mol. The summed E-state index contributed by atoms with van der Waals surface area (Å²) in [4.78, 5) is 0. The molecule has 1 radical (unpaired) electrons. The maximum Gasteiger partial charge on any atom is 0.122 e. The van der Waals surface area contributed by atoms with Crippen LogP contribution in [0.25, 0.3) is 32.4 Å². The molecule has 0 aliphatic carbocycles. The van der Waals surface area contributed by atoms with E-state index in [0.29, 0.717) is 0 Å². The first kappa shape index (κ1) is 7.99. The number of nitrogens with zero attached hydrogens (tertiary/aromatic N) is 2. The fourth-order valence-electron chi connectivity index (χ4n) is 2.37. The fraction of sp³-hybridized carbons (Fsp3) is 0. The third-order valence-corrected chi connectivity index (χ3v) is 3.08. The monoisotopic (exact) mass is 203 g/mol. The second-order valence-corrected chi connectivity index (χ2v) is 3.96. The van der Waals surface area contributed by atoms with Crippen LogP contribution < -0.4 is 0 Å². The van der Waals surface area contributed by atoms with Crippen molar-refractivity contribution in [2.75, 3.05) is 0 Å². The third-order valence-electron chi connectivity index (χ3n) is 3.08. The average Bonchev–Trinajstić information content (AvgIpc) is 2.36. The molecule has 2 heteroatoms. The second-order valence-electron chi connectivity index (χ2n) is 3.96. The number of rotatable bonds is 0. The number of aromatic nitrogens is 2. The SMILES string of the molecule is [c]1nnc2ccc3cccc4ccc1c2c43. The van der Waals surface area contributed by atoms with Crippen LogP contribution in [0.15, 0.2) is 42.5 Å². The predicted octanol–water partition coefficient (Wildman–Crippen LogP) is 3.17. The topological polar surface area (TPSA) is 25.8 Å². The largest absolute Gasteiger partial charge is 0.150 e. The summed E-state index contributed by atoms with van der Waals surface area (Å²) in [5.74, 6) is 0. The van der Waals surface area contributed by atoms with E-state index in [4.69, 9.17) is 0 Å². The van der Waals surface area contributed by atoms with Crippen molar-refractivity contribution in [3.8, 4) is 0 Å². The normalized spacial score (nSPS) is 11.8. The van der Waals surface area contributed by atoms with Gasteiger partial charge in [0, 0.05) is 10.8 Å². The zero-order valence-electron chi connectivity index (χ0n) is 8.44. The van der Waals surface area contributed by atoms with Gasteiger partial charge in [0.05, 0.1) is 5.52 Å². The molecule has 0 bridgehead atoms. The Balaban J connectivity index is 2.51. The molecule has 16 heavy (non-hydrogen) atoms. The summed E-state index contributed by atoms with van der Waals surface area (Å²) >= 11 is 0. The van der Waals surface area contributed by atoms with Gasteiger partial charge in [-0.25, -0.2) is 0 Å². The molecule has 0 unspecified atom stereocenters. The molecule has 0 saturated heterocycles. The molecule has 0 atom stereocenters. The van der Waals surface area contributed by atoms with Crippen LogP contribution in [0.5, 0.6) is 0 Å². The lowest BCUT2D eigenvalue weighted by Gasteiger charge is -2.07. The molecule has 0 amide bonds.